The van der Waals surface area contributed by atoms with Crippen molar-refractivity contribution in [3.05, 3.63) is 81.4 Å². The summed E-state index contributed by atoms with van der Waals surface area (Å²) in [4.78, 5) is 20.0. The number of imidazole rings is 1. The van der Waals surface area contributed by atoms with Crippen molar-refractivity contribution in [2.24, 2.45) is 0 Å². The van der Waals surface area contributed by atoms with Crippen LogP contribution in [0.25, 0.3) is 16.2 Å². The lowest BCUT2D eigenvalue weighted by Crippen LogP contribution is -2.28. The van der Waals surface area contributed by atoms with Crippen LogP contribution in [-0.4, -0.2) is 27.2 Å². The molecule has 142 valence electrons. The van der Waals surface area contributed by atoms with Gasteiger partial charge in [0.25, 0.3) is 0 Å². The molecule has 0 spiro atoms. The molecular formula is C21H17Cl2N3OS. The van der Waals surface area contributed by atoms with E-state index in [-0.39, 0.29) is 5.91 Å². The molecule has 0 N–H and O–H groups in total. The minimum atomic E-state index is 0.00528. The minimum Gasteiger partial charge on any atom is -0.341 e. The predicted octanol–water partition coefficient (Wildman–Crippen LogP) is 5.57. The maximum atomic E-state index is 12.8. The summed E-state index contributed by atoms with van der Waals surface area (Å²) in [5.74, 6) is 0.00528. The number of rotatable bonds is 5. The highest BCUT2D eigenvalue weighted by Gasteiger charge is 2.16. The number of thiazole rings is 1. The van der Waals surface area contributed by atoms with Crippen molar-refractivity contribution in [1.82, 2.24) is 14.3 Å². The van der Waals surface area contributed by atoms with E-state index in [1.807, 2.05) is 58.4 Å². The summed E-state index contributed by atoms with van der Waals surface area (Å²) < 4.78 is 1.99. The molecule has 4 nitrogen and oxygen atoms in total. The SMILES string of the molecule is CN(Cc1cccc(Cl)c1Cl)C(=O)Cc1csc2nc(-c3ccccc3)cn12. The topological polar surface area (TPSA) is 37.6 Å². The number of likely N-dealkylation sites (N-methyl/N-ethyl adjacent to an activating group) is 1. The van der Waals surface area contributed by atoms with Crippen molar-refractivity contribution < 1.29 is 4.79 Å². The molecule has 0 unspecified atom stereocenters. The Morgan fingerprint density at radius 2 is 1.93 bits per heavy atom. The molecule has 0 fully saturated rings. The van der Waals surface area contributed by atoms with Gasteiger partial charge in [0.15, 0.2) is 4.96 Å². The van der Waals surface area contributed by atoms with Crippen LogP contribution in [0.4, 0.5) is 0 Å². The van der Waals surface area contributed by atoms with Crippen LogP contribution >= 0.6 is 34.5 Å². The Hall–Kier alpha value is -2.34. The van der Waals surface area contributed by atoms with Crippen LogP contribution in [0.5, 0.6) is 0 Å². The molecule has 0 saturated heterocycles. The molecule has 4 aromatic rings. The first-order chi connectivity index (χ1) is 13.5. The highest BCUT2D eigenvalue weighted by molar-refractivity contribution is 7.15. The fourth-order valence-electron chi connectivity index (χ4n) is 3.01. The number of hydrogen-bond donors (Lipinski definition) is 0. The van der Waals surface area contributed by atoms with Gasteiger partial charge in [0.2, 0.25) is 5.91 Å². The van der Waals surface area contributed by atoms with Crippen molar-refractivity contribution in [2.45, 2.75) is 13.0 Å². The second-order valence-electron chi connectivity index (χ2n) is 6.51. The summed E-state index contributed by atoms with van der Waals surface area (Å²) in [7, 11) is 1.77. The van der Waals surface area contributed by atoms with E-state index in [1.54, 1.807) is 18.0 Å². The van der Waals surface area contributed by atoms with Gasteiger partial charge < -0.3 is 4.90 Å². The highest BCUT2D eigenvalue weighted by Crippen LogP contribution is 2.27. The zero-order valence-corrected chi connectivity index (χ0v) is 17.4. The Labute approximate surface area is 177 Å². The molecule has 7 heteroatoms. The standard InChI is InChI=1S/C21H17Cl2N3OS/c1-25(11-15-8-5-9-17(22)20(15)23)19(27)10-16-13-28-21-24-18(12-26(16)21)14-6-3-2-4-7-14/h2-9,12-13H,10-11H2,1H3. The van der Waals surface area contributed by atoms with Crippen LogP contribution in [0.1, 0.15) is 11.3 Å². The molecule has 2 aromatic carbocycles. The van der Waals surface area contributed by atoms with Crippen molar-refractivity contribution in [3.63, 3.8) is 0 Å². The van der Waals surface area contributed by atoms with Gasteiger partial charge in [0.1, 0.15) is 0 Å². The van der Waals surface area contributed by atoms with Crippen LogP contribution in [0.15, 0.2) is 60.1 Å². The third-order valence-electron chi connectivity index (χ3n) is 4.55. The summed E-state index contributed by atoms with van der Waals surface area (Å²) >= 11 is 13.8. The van der Waals surface area contributed by atoms with Gasteiger partial charge in [-0.1, -0.05) is 65.7 Å². The van der Waals surface area contributed by atoms with Gasteiger partial charge in [-0.05, 0) is 11.6 Å². The fourth-order valence-corrected chi connectivity index (χ4v) is 4.26. The molecule has 2 aromatic heterocycles. The van der Waals surface area contributed by atoms with E-state index in [2.05, 4.69) is 4.98 Å². The Balaban J connectivity index is 1.52. The van der Waals surface area contributed by atoms with E-state index < -0.39 is 0 Å². The average Bonchev–Trinajstić information content (AvgIpc) is 3.28. The lowest BCUT2D eigenvalue weighted by Gasteiger charge is -2.18. The lowest BCUT2D eigenvalue weighted by molar-refractivity contribution is -0.129. The van der Waals surface area contributed by atoms with E-state index in [4.69, 9.17) is 23.2 Å². The zero-order chi connectivity index (χ0) is 19.7. The smallest absolute Gasteiger partial charge is 0.228 e. The number of hydrogen-bond acceptors (Lipinski definition) is 3. The van der Waals surface area contributed by atoms with Crippen LogP contribution in [0, 0.1) is 0 Å². The monoisotopic (exact) mass is 429 g/mol. The molecule has 0 radical (unpaired) electrons. The van der Waals surface area contributed by atoms with Gasteiger partial charge in [0, 0.05) is 36.4 Å². The zero-order valence-electron chi connectivity index (χ0n) is 15.1. The quantitative estimate of drug-likeness (QED) is 0.415. The Morgan fingerprint density at radius 3 is 2.71 bits per heavy atom. The summed E-state index contributed by atoms with van der Waals surface area (Å²) in [5, 5.41) is 2.96. The highest BCUT2D eigenvalue weighted by atomic mass is 35.5. The predicted molar refractivity (Wildman–Crippen MR) is 115 cm³/mol. The second kappa shape index (κ2) is 7.95. The molecule has 0 aliphatic carbocycles. The Kier molecular flexibility index (Phi) is 5.40. The minimum absolute atomic E-state index is 0.00528. The van der Waals surface area contributed by atoms with E-state index in [9.17, 15) is 4.79 Å². The van der Waals surface area contributed by atoms with Gasteiger partial charge in [-0.25, -0.2) is 4.98 Å². The van der Waals surface area contributed by atoms with Gasteiger partial charge in [-0.3, -0.25) is 9.20 Å². The molecule has 28 heavy (non-hydrogen) atoms. The third-order valence-corrected chi connectivity index (χ3v) is 6.30. The molecule has 1 amide bonds. The molecule has 4 rings (SSSR count). The number of carbonyl (C=O) groups is 1. The normalized spacial score (nSPS) is 11.1. The number of amides is 1. The molecule has 0 saturated carbocycles. The number of carbonyl (C=O) groups excluding carboxylic acids is 1. The van der Waals surface area contributed by atoms with E-state index in [1.165, 1.54) is 11.3 Å². The number of aromatic nitrogens is 2. The van der Waals surface area contributed by atoms with Crippen LogP contribution < -0.4 is 0 Å². The van der Waals surface area contributed by atoms with Crippen LogP contribution in [-0.2, 0) is 17.8 Å². The first-order valence-electron chi connectivity index (χ1n) is 8.70. The molecule has 0 atom stereocenters. The molecule has 0 aliphatic rings. The average molecular weight is 430 g/mol. The molecule has 2 heterocycles. The third kappa shape index (κ3) is 3.78. The maximum absolute atomic E-state index is 12.8. The molecule has 0 bridgehead atoms. The second-order valence-corrected chi connectivity index (χ2v) is 8.13. The van der Waals surface area contributed by atoms with E-state index >= 15 is 0 Å². The van der Waals surface area contributed by atoms with E-state index in [0.29, 0.717) is 23.0 Å². The Morgan fingerprint density at radius 1 is 1.14 bits per heavy atom. The van der Waals surface area contributed by atoms with Gasteiger partial charge in [-0.15, -0.1) is 11.3 Å². The fraction of sp³-hybridized carbons (Fsp3) is 0.143. The van der Waals surface area contributed by atoms with Crippen molar-refractivity contribution >= 4 is 45.4 Å². The number of fused-ring (bicyclic) bond motifs is 1. The summed E-state index contributed by atoms with van der Waals surface area (Å²) in [6, 6.07) is 15.5. The lowest BCUT2D eigenvalue weighted by atomic mass is 10.2. The molecular weight excluding hydrogens is 413 g/mol. The number of benzene rings is 2. The summed E-state index contributed by atoms with van der Waals surface area (Å²) in [6.07, 6.45) is 2.27. The number of halogens is 2. The summed E-state index contributed by atoms with van der Waals surface area (Å²) in [6.45, 7) is 0.407. The Bertz CT molecular complexity index is 1140. The van der Waals surface area contributed by atoms with Crippen LogP contribution in [0.2, 0.25) is 10.0 Å². The maximum Gasteiger partial charge on any atom is 0.228 e. The van der Waals surface area contributed by atoms with Gasteiger partial charge in [0.05, 0.1) is 22.2 Å². The van der Waals surface area contributed by atoms with Crippen LogP contribution in [0.3, 0.4) is 0 Å². The largest absolute Gasteiger partial charge is 0.341 e. The van der Waals surface area contributed by atoms with Gasteiger partial charge >= 0.3 is 0 Å². The summed E-state index contributed by atoms with van der Waals surface area (Å²) in [5.41, 5.74) is 3.71. The van der Waals surface area contributed by atoms with Crippen molar-refractivity contribution in [1.29, 1.82) is 0 Å². The first kappa shape index (κ1) is 19.0. The first-order valence-corrected chi connectivity index (χ1v) is 10.3. The van der Waals surface area contributed by atoms with Crippen molar-refractivity contribution in [2.75, 3.05) is 7.05 Å². The molecule has 0 aliphatic heterocycles. The van der Waals surface area contributed by atoms with Crippen molar-refractivity contribution in [3.8, 4) is 11.3 Å². The van der Waals surface area contributed by atoms with E-state index in [0.717, 1.165) is 27.5 Å². The number of nitrogens with zero attached hydrogens (tertiary/aromatic N) is 3. The van der Waals surface area contributed by atoms with Gasteiger partial charge in [-0.2, -0.15) is 0 Å².